The van der Waals surface area contributed by atoms with E-state index in [1.807, 2.05) is 0 Å². The number of ether oxygens (including phenoxy) is 2. The lowest BCUT2D eigenvalue weighted by Crippen LogP contribution is -2.44. The van der Waals surface area contributed by atoms with Crippen molar-refractivity contribution < 1.29 is 29.0 Å². The topological polar surface area (TPSA) is 96.4 Å². The van der Waals surface area contributed by atoms with Gasteiger partial charge in [-0.25, -0.2) is 4.79 Å². The van der Waals surface area contributed by atoms with Crippen LogP contribution in [-0.4, -0.2) is 60.1 Å². The molecule has 0 radical (unpaired) electrons. The van der Waals surface area contributed by atoms with Crippen molar-refractivity contribution >= 4 is 23.5 Å². The molecule has 3 aliphatic heterocycles. The van der Waals surface area contributed by atoms with Crippen molar-refractivity contribution in [2.24, 2.45) is 5.92 Å². The molecule has 2 atom stereocenters. The summed E-state index contributed by atoms with van der Waals surface area (Å²) in [6.07, 6.45) is 1.24. The van der Waals surface area contributed by atoms with Gasteiger partial charge in [-0.3, -0.25) is 9.59 Å². The first-order valence-corrected chi connectivity index (χ1v) is 8.78. The number of carboxylic acids is 1. The van der Waals surface area contributed by atoms with Gasteiger partial charge in [0.05, 0.1) is 5.92 Å². The highest BCUT2D eigenvalue weighted by Crippen LogP contribution is 2.36. The Morgan fingerprint density at radius 3 is 2.69 bits per heavy atom. The van der Waals surface area contributed by atoms with E-state index in [1.165, 1.54) is 4.90 Å². The zero-order valence-electron chi connectivity index (χ0n) is 14.2. The van der Waals surface area contributed by atoms with Crippen molar-refractivity contribution in [1.29, 1.82) is 0 Å². The van der Waals surface area contributed by atoms with Crippen LogP contribution in [0.4, 0.5) is 5.69 Å². The molecule has 2 amide bonds. The Hall–Kier alpha value is -2.77. The number of carboxylic acid groups (broad SMARTS) is 1. The van der Waals surface area contributed by atoms with Gasteiger partial charge in [0.25, 0.3) is 0 Å². The van der Waals surface area contributed by atoms with Crippen LogP contribution in [0.1, 0.15) is 19.3 Å². The highest BCUT2D eigenvalue weighted by molar-refractivity contribution is 6.01. The molecule has 0 aliphatic carbocycles. The molecule has 3 aliphatic rings. The number of carbonyl (C=O) groups is 3. The predicted octanol–water partition coefficient (Wildman–Crippen LogP) is 0.886. The molecule has 8 nitrogen and oxygen atoms in total. The Morgan fingerprint density at radius 1 is 1.15 bits per heavy atom. The molecule has 4 rings (SSSR count). The fourth-order valence-corrected chi connectivity index (χ4v) is 3.84. The standard InChI is InChI=1S/C18H20N2O6/c21-16-8-11(17(22)19-5-1-2-13(19)18(23)24)10-20(16)12-3-4-14-15(9-12)26-7-6-25-14/h3-4,9,11,13H,1-2,5-8,10H2,(H,23,24)/t11-,13-/m0/s1. The lowest BCUT2D eigenvalue weighted by atomic mass is 10.1. The van der Waals surface area contributed by atoms with E-state index < -0.39 is 17.9 Å². The van der Waals surface area contributed by atoms with Crippen LogP contribution in [0.15, 0.2) is 18.2 Å². The normalized spacial score (nSPS) is 24.8. The van der Waals surface area contributed by atoms with E-state index in [-0.39, 0.29) is 24.8 Å². The number of carbonyl (C=O) groups excluding carboxylic acids is 2. The molecule has 138 valence electrons. The van der Waals surface area contributed by atoms with Crippen LogP contribution in [-0.2, 0) is 14.4 Å². The van der Waals surface area contributed by atoms with Crippen molar-refractivity contribution in [3.63, 3.8) is 0 Å². The third-order valence-electron chi connectivity index (χ3n) is 5.13. The number of aliphatic carboxylic acids is 1. The summed E-state index contributed by atoms with van der Waals surface area (Å²) in [7, 11) is 0. The van der Waals surface area contributed by atoms with Crippen LogP contribution >= 0.6 is 0 Å². The summed E-state index contributed by atoms with van der Waals surface area (Å²) in [5.41, 5.74) is 0.658. The number of benzene rings is 1. The minimum absolute atomic E-state index is 0.0934. The summed E-state index contributed by atoms with van der Waals surface area (Å²) in [6, 6.07) is 4.50. The van der Waals surface area contributed by atoms with Crippen molar-refractivity contribution in [1.82, 2.24) is 4.90 Å². The first kappa shape index (κ1) is 16.7. The van der Waals surface area contributed by atoms with Crippen LogP contribution in [0.25, 0.3) is 0 Å². The number of hydrogen-bond donors (Lipinski definition) is 1. The van der Waals surface area contributed by atoms with Crippen LogP contribution in [0.2, 0.25) is 0 Å². The molecule has 26 heavy (non-hydrogen) atoms. The highest BCUT2D eigenvalue weighted by Gasteiger charge is 2.42. The van der Waals surface area contributed by atoms with Gasteiger partial charge in [-0.2, -0.15) is 0 Å². The quantitative estimate of drug-likeness (QED) is 0.860. The van der Waals surface area contributed by atoms with E-state index in [2.05, 4.69) is 0 Å². The lowest BCUT2D eigenvalue weighted by Gasteiger charge is -2.25. The van der Waals surface area contributed by atoms with Crippen molar-refractivity contribution in [2.75, 3.05) is 31.2 Å². The molecule has 8 heteroatoms. The lowest BCUT2D eigenvalue weighted by molar-refractivity contribution is -0.149. The SMILES string of the molecule is O=C(O)[C@@H]1CCCN1C(=O)[C@H]1CC(=O)N(c2ccc3c(c2)OCCO3)C1. The van der Waals surface area contributed by atoms with E-state index in [4.69, 9.17) is 9.47 Å². The Morgan fingerprint density at radius 2 is 1.92 bits per heavy atom. The van der Waals surface area contributed by atoms with Crippen molar-refractivity contribution in [3.8, 4) is 11.5 Å². The van der Waals surface area contributed by atoms with E-state index in [9.17, 15) is 19.5 Å². The maximum absolute atomic E-state index is 12.8. The molecule has 0 unspecified atom stereocenters. The molecule has 1 aromatic rings. The molecular formula is C18H20N2O6. The third kappa shape index (κ3) is 2.85. The van der Waals surface area contributed by atoms with Gasteiger partial charge in [0.1, 0.15) is 19.3 Å². The molecule has 1 N–H and O–H groups in total. The van der Waals surface area contributed by atoms with Crippen LogP contribution < -0.4 is 14.4 Å². The largest absolute Gasteiger partial charge is 0.486 e. The van der Waals surface area contributed by atoms with E-state index in [1.54, 1.807) is 23.1 Å². The van der Waals surface area contributed by atoms with Crippen molar-refractivity contribution in [2.45, 2.75) is 25.3 Å². The maximum atomic E-state index is 12.8. The van der Waals surface area contributed by atoms with Crippen LogP contribution in [0.5, 0.6) is 11.5 Å². The molecular weight excluding hydrogens is 340 g/mol. The fourth-order valence-electron chi connectivity index (χ4n) is 3.84. The van der Waals surface area contributed by atoms with Gasteiger partial charge in [0.2, 0.25) is 11.8 Å². The van der Waals surface area contributed by atoms with Crippen LogP contribution in [0.3, 0.4) is 0 Å². The molecule has 3 heterocycles. The second-order valence-electron chi connectivity index (χ2n) is 6.76. The zero-order chi connectivity index (χ0) is 18.3. The second-order valence-corrected chi connectivity index (χ2v) is 6.76. The summed E-state index contributed by atoms with van der Waals surface area (Å²) in [5, 5.41) is 9.27. The summed E-state index contributed by atoms with van der Waals surface area (Å²) in [5.74, 6) is -0.670. The first-order chi connectivity index (χ1) is 12.5. The Labute approximate surface area is 150 Å². The minimum Gasteiger partial charge on any atom is -0.486 e. The third-order valence-corrected chi connectivity index (χ3v) is 5.13. The van der Waals surface area contributed by atoms with Crippen molar-refractivity contribution in [3.05, 3.63) is 18.2 Å². The van der Waals surface area contributed by atoms with Gasteiger partial charge in [-0.15, -0.1) is 0 Å². The second kappa shape index (κ2) is 6.51. The molecule has 0 bridgehead atoms. The predicted molar refractivity (Wildman–Crippen MR) is 90.3 cm³/mol. The average Bonchev–Trinajstić information content (AvgIpc) is 3.27. The zero-order valence-corrected chi connectivity index (χ0v) is 14.2. The maximum Gasteiger partial charge on any atom is 0.326 e. The summed E-state index contributed by atoms with van der Waals surface area (Å²) in [6.45, 7) is 1.63. The van der Waals surface area contributed by atoms with Gasteiger partial charge in [0.15, 0.2) is 11.5 Å². The number of likely N-dealkylation sites (tertiary alicyclic amines) is 1. The monoisotopic (exact) mass is 360 g/mol. The number of rotatable bonds is 3. The molecule has 0 saturated carbocycles. The first-order valence-electron chi connectivity index (χ1n) is 8.78. The molecule has 0 spiro atoms. The Balaban J connectivity index is 1.50. The minimum atomic E-state index is -0.983. The molecule has 1 aromatic carbocycles. The fraction of sp³-hybridized carbons (Fsp3) is 0.500. The Kier molecular flexibility index (Phi) is 4.18. The molecule has 2 saturated heterocycles. The average molecular weight is 360 g/mol. The van der Waals surface area contributed by atoms with Gasteiger partial charge in [0, 0.05) is 31.3 Å². The van der Waals surface area contributed by atoms with E-state index in [0.717, 1.165) is 0 Å². The smallest absolute Gasteiger partial charge is 0.326 e. The number of hydrogen-bond acceptors (Lipinski definition) is 5. The summed E-state index contributed by atoms with van der Waals surface area (Å²) in [4.78, 5) is 39.5. The highest BCUT2D eigenvalue weighted by atomic mass is 16.6. The van der Waals surface area contributed by atoms with Gasteiger partial charge < -0.3 is 24.4 Å². The van der Waals surface area contributed by atoms with E-state index >= 15 is 0 Å². The summed E-state index contributed by atoms with van der Waals surface area (Å²) >= 11 is 0. The van der Waals surface area contributed by atoms with Gasteiger partial charge >= 0.3 is 5.97 Å². The molecule has 0 aromatic heterocycles. The Bertz CT molecular complexity index is 764. The van der Waals surface area contributed by atoms with Crippen LogP contribution in [0, 0.1) is 5.92 Å². The van der Waals surface area contributed by atoms with Gasteiger partial charge in [-0.05, 0) is 25.0 Å². The molecule has 2 fully saturated rings. The van der Waals surface area contributed by atoms with E-state index in [0.29, 0.717) is 49.8 Å². The summed E-state index contributed by atoms with van der Waals surface area (Å²) < 4.78 is 11.0. The van der Waals surface area contributed by atoms with Gasteiger partial charge in [-0.1, -0.05) is 0 Å². The number of fused-ring (bicyclic) bond motifs is 1. The number of anilines is 1. The number of amides is 2. The number of nitrogens with zero attached hydrogens (tertiary/aromatic N) is 2.